The van der Waals surface area contributed by atoms with Crippen LogP contribution in [0.1, 0.15) is 26.5 Å². The minimum absolute atomic E-state index is 0.580. The van der Waals surface area contributed by atoms with E-state index in [1.165, 1.54) is 4.90 Å². The number of nitrogens with two attached hydrogens (primary N) is 1. The van der Waals surface area contributed by atoms with Gasteiger partial charge in [-0.05, 0) is 37.1 Å². The summed E-state index contributed by atoms with van der Waals surface area (Å²) in [7, 11) is 0. The molecule has 0 spiro atoms. The number of anilines is 1. The summed E-state index contributed by atoms with van der Waals surface area (Å²) in [6.07, 6.45) is 0. The van der Waals surface area contributed by atoms with Crippen LogP contribution >= 0.6 is 11.8 Å². The molecule has 2 nitrogen and oxygen atoms in total. The van der Waals surface area contributed by atoms with E-state index in [1.807, 2.05) is 36.9 Å². The van der Waals surface area contributed by atoms with Gasteiger partial charge < -0.3 is 5.73 Å². The maximum absolute atomic E-state index is 5.88. The van der Waals surface area contributed by atoms with E-state index in [0.717, 1.165) is 22.3 Å². The molecule has 1 unspecified atom stereocenters. The van der Waals surface area contributed by atoms with Gasteiger partial charge in [-0.3, -0.25) is 4.98 Å². The van der Waals surface area contributed by atoms with Crippen LogP contribution in [0.4, 0.5) is 5.69 Å². The van der Waals surface area contributed by atoms with Gasteiger partial charge >= 0.3 is 0 Å². The van der Waals surface area contributed by atoms with Crippen LogP contribution in [0, 0.1) is 12.8 Å². The highest BCUT2D eigenvalue weighted by Crippen LogP contribution is 2.34. The topological polar surface area (TPSA) is 38.9 Å². The SMILES string of the molecule is Cc1cc(SC(C)C(C)C)c2cc(N)ccc2n1. The number of hydrogen-bond donors (Lipinski definition) is 1. The minimum atomic E-state index is 0.580. The van der Waals surface area contributed by atoms with Crippen molar-refractivity contribution in [2.45, 2.75) is 37.8 Å². The number of benzene rings is 1. The van der Waals surface area contributed by atoms with Crippen molar-refractivity contribution in [3.63, 3.8) is 0 Å². The molecule has 2 rings (SSSR count). The number of aryl methyl sites for hydroxylation is 1. The number of pyridine rings is 1. The number of aromatic nitrogens is 1. The van der Waals surface area contributed by atoms with E-state index in [1.54, 1.807) is 0 Å². The molecule has 1 heterocycles. The highest BCUT2D eigenvalue weighted by molar-refractivity contribution is 8.00. The predicted molar refractivity (Wildman–Crippen MR) is 81.0 cm³/mol. The molecule has 0 aliphatic heterocycles. The molecule has 2 aromatic rings. The second kappa shape index (κ2) is 5.19. The molecular weight excluding hydrogens is 240 g/mol. The summed E-state index contributed by atoms with van der Waals surface area (Å²) in [6, 6.07) is 8.10. The summed E-state index contributed by atoms with van der Waals surface area (Å²) in [5.74, 6) is 0.652. The second-order valence-corrected chi connectivity index (χ2v) is 6.52. The molecule has 0 aliphatic carbocycles. The summed E-state index contributed by atoms with van der Waals surface area (Å²) in [5, 5.41) is 1.74. The number of nitrogens with zero attached hydrogens (tertiary/aromatic N) is 1. The lowest BCUT2D eigenvalue weighted by atomic mass is 10.1. The molecule has 0 saturated carbocycles. The molecule has 0 bridgehead atoms. The van der Waals surface area contributed by atoms with Gasteiger partial charge in [0.2, 0.25) is 0 Å². The largest absolute Gasteiger partial charge is 0.399 e. The Kier molecular flexibility index (Phi) is 3.81. The van der Waals surface area contributed by atoms with E-state index in [4.69, 9.17) is 5.73 Å². The van der Waals surface area contributed by atoms with Gasteiger partial charge in [-0.25, -0.2) is 0 Å². The standard InChI is InChI=1S/C15H20N2S/c1-9(2)11(4)18-15-7-10(3)17-14-6-5-12(16)8-13(14)15/h5-9,11H,16H2,1-4H3. The number of hydrogen-bond acceptors (Lipinski definition) is 3. The van der Waals surface area contributed by atoms with Crippen molar-refractivity contribution < 1.29 is 0 Å². The van der Waals surface area contributed by atoms with Gasteiger partial charge in [0.1, 0.15) is 0 Å². The molecule has 3 heteroatoms. The van der Waals surface area contributed by atoms with E-state index in [9.17, 15) is 0 Å². The molecule has 2 N–H and O–H groups in total. The number of rotatable bonds is 3. The Balaban J connectivity index is 2.51. The van der Waals surface area contributed by atoms with E-state index < -0.39 is 0 Å². The monoisotopic (exact) mass is 260 g/mol. The quantitative estimate of drug-likeness (QED) is 0.662. The number of nitrogen functional groups attached to an aromatic ring is 1. The first kappa shape index (κ1) is 13.2. The van der Waals surface area contributed by atoms with Crippen molar-refractivity contribution in [2.24, 2.45) is 5.92 Å². The first-order valence-corrected chi connectivity index (χ1v) is 7.19. The first-order chi connectivity index (χ1) is 8.47. The molecule has 0 aliphatic rings. The maximum atomic E-state index is 5.88. The normalized spacial score (nSPS) is 13.2. The van der Waals surface area contributed by atoms with Gasteiger partial charge in [-0.1, -0.05) is 20.8 Å². The molecule has 96 valence electrons. The number of thioether (sulfide) groups is 1. The summed E-state index contributed by atoms with van der Waals surface area (Å²) >= 11 is 1.91. The second-order valence-electron chi connectivity index (χ2n) is 5.11. The van der Waals surface area contributed by atoms with Crippen molar-refractivity contribution in [3.8, 4) is 0 Å². The van der Waals surface area contributed by atoms with Crippen molar-refractivity contribution in [3.05, 3.63) is 30.0 Å². The molecular formula is C15H20N2S. The fraction of sp³-hybridized carbons (Fsp3) is 0.400. The van der Waals surface area contributed by atoms with Gasteiger partial charge in [0.15, 0.2) is 0 Å². The predicted octanol–water partition coefficient (Wildman–Crippen LogP) is 4.26. The summed E-state index contributed by atoms with van der Waals surface area (Å²) in [5.41, 5.74) is 8.77. The van der Waals surface area contributed by atoms with Crippen LogP contribution in [0.5, 0.6) is 0 Å². The van der Waals surface area contributed by atoms with E-state index in [0.29, 0.717) is 11.2 Å². The van der Waals surface area contributed by atoms with Crippen molar-refractivity contribution in [1.82, 2.24) is 4.98 Å². The fourth-order valence-corrected chi connectivity index (χ4v) is 2.97. The Morgan fingerprint density at radius 2 is 1.89 bits per heavy atom. The fourth-order valence-electron chi connectivity index (χ4n) is 1.77. The Morgan fingerprint density at radius 1 is 1.17 bits per heavy atom. The first-order valence-electron chi connectivity index (χ1n) is 6.31. The van der Waals surface area contributed by atoms with Gasteiger partial charge in [-0.2, -0.15) is 0 Å². The van der Waals surface area contributed by atoms with Gasteiger partial charge in [-0.15, -0.1) is 11.8 Å². The zero-order valence-corrected chi connectivity index (χ0v) is 12.2. The van der Waals surface area contributed by atoms with Crippen LogP contribution in [0.2, 0.25) is 0 Å². The van der Waals surface area contributed by atoms with Crippen LogP contribution in [0.3, 0.4) is 0 Å². The highest BCUT2D eigenvalue weighted by Gasteiger charge is 2.12. The zero-order chi connectivity index (χ0) is 13.3. The van der Waals surface area contributed by atoms with Gasteiger partial charge in [0, 0.05) is 26.9 Å². The van der Waals surface area contributed by atoms with Gasteiger partial charge in [0.05, 0.1) is 5.52 Å². The molecule has 0 radical (unpaired) electrons. The Labute approximate surface area is 113 Å². The smallest absolute Gasteiger partial charge is 0.0717 e. The summed E-state index contributed by atoms with van der Waals surface area (Å²) in [6.45, 7) is 8.81. The van der Waals surface area contributed by atoms with Crippen molar-refractivity contribution >= 4 is 28.4 Å². The lowest BCUT2D eigenvalue weighted by molar-refractivity contribution is 0.642. The maximum Gasteiger partial charge on any atom is 0.0717 e. The van der Waals surface area contributed by atoms with Crippen LogP contribution in [-0.4, -0.2) is 10.2 Å². The molecule has 0 saturated heterocycles. The molecule has 1 aromatic heterocycles. The average molecular weight is 260 g/mol. The van der Waals surface area contributed by atoms with Crippen LogP contribution in [0.25, 0.3) is 10.9 Å². The number of fused-ring (bicyclic) bond motifs is 1. The lowest BCUT2D eigenvalue weighted by Crippen LogP contribution is -2.05. The van der Waals surface area contributed by atoms with E-state index in [-0.39, 0.29) is 0 Å². The third-order valence-electron chi connectivity index (χ3n) is 3.17. The van der Waals surface area contributed by atoms with Crippen LogP contribution in [0.15, 0.2) is 29.2 Å². The Bertz CT molecular complexity index is 564. The van der Waals surface area contributed by atoms with Crippen LogP contribution in [-0.2, 0) is 0 Å². The summed E-state index contributed by atoms with van der Waals surface area (Å²) in [4.78, 5) is 5.84. The van der Waals surface area contributed by atoms with Crippen molar-refractivity contribution in [1.29, 1.82) is 0 Å². The van der Waals surface area contributed by atoms with E-state index >= 15 is 0 Å². The molecule has 1 atom stereocenters. The molecule has 0 amide bonds. The van der Waals surface area contributed by atoms with Crippen LogP contribution < -0.4 is 5.73 Å². The third kappa shape index (κ3) is 2.78. The average Bonchev–Trinajstić information content (AvgIpc) is 2.29. The minimum Gasteiger partial charge on any atom is -0.399 e. The zero-order valence-electron chi connectivity index (χ0n) is 11.4. The Hall–Kier alpha value is -1.22. The van der Waals surface area contributed by atoms with Crippen molar-refractivity contribution in [2.75, 3.05) is 5.73 Å². The lowest BCUT2D eigenvalue weighted by Gasteiger charge is -2.16. The molecule has 0 fully saturated rings. The molecule has 1 aromatic carbocycles. The highest BCUT2D eigenvalue weighted by atomic mass is 32.2. The Morgan fingerprint density at radius 3 is 2.56 bits per heavy atom. The summed E-state index contributed by atoms with van der Waals surface area (Å²) < 4.78 is 0. The third-order valence-corrected chi connectivity index (χ3v) is 4.68. The van der Waals surface area contributed by atoms with Gasteiger partial charge in [0.25, 0.3) is 0 Å². The molecule has 18 heavy (non-hydrogen) atoms. The van der Waals surface area contributed by atoms with E-state index in [2.05, 4.69) is 31.8 Å².